The number of fused-ring (bicyclic) bond motifs is 2. The standard InChI is InChI=1S/C21H16F2O5/c22-21(23)27-16-6-4-12(5-7-16)20(25)26-11-15-10-19(24)28-18-9-14-3-1-2-13(14)8-17(15)18/h4-10,21H,1-3,11H2. The molecule has 144 valence electrons. The molecule has 1 aliphatic carbocycles. The molecule has 5 nitrogen and oxygen atoms in total. The predicted octanol–water partition coefficient (Wildman–Crippen LogP) is 4.24. The second-order valence-corrected chi connectivity index (χ2v) is 6.54. The van der Waals surface area contributed by atoms with Gasteiger partial charge in [0, 0.05) is 17.0 Å². The molecule has 3 aromatic rings. The lowest BCUT2D eigenvalue weighted by Gasteiger charge is -2.09. The molecule has 0 atom stereocenters. The molecule has 1 aromatic heterocycles. The Balaban J connectivity index is 1.53. The van der Waals surface area contributed by atoms with E-state index in [0.29, 0.717) is 11.1 Å². The lowest BCUT2D eigenvalue weighted by molar-refractivity contribution is -0.0498. The molecule has 0 aliphatic heterocycles. The maximum atomic E-state index is 12.2. The zero-order valence-electron chi connectivity index (χ0n) is 14.7. The van der Waals surface area contributed by atoms with Gasteiger partial charge in [0.05, 0.1) is 5.56 Å². The van der Waals surface area contributed by atoms with Crippen LogP contribution in [0.1, 0.15) is 33.5 Å². The Hall–Kier alpha value is -3.22. The summed E-state index contributed by atoms with van der Waals surface area (Å²) in [4.78, 5) is 24.1. The van der Waals surface area contributed by atoms with Crippen LogP contribution in [0.15, 0.2) is 51.7 Å². The van der Waals surface area contributed by atoms with E-state index in [4.69, 9.17) is 9.15 Å². The average molecular weight is 386 g/mol. The smallest absolute Gasteiger partial charge is 0.387 e. The molecule has 0 radical (unpaired) electrons. The SMILES string of the molecule is O=C(OCc1cc(=O)oc2cc3c(cc12)CCC3)c1ccc(OC(F)F)cc1. The van der Waals surface area contributed by atoms with Crippen molar-refractivity contribution in [3.05, 3.63) is 75.1 Å². The van der Waals surface area contributed by atoms with Crippen LogP contribution in [0, 0.1) is 0 Å². The Labute approximate surface area is 158 Å². The summed E-state index contributed by atoms with van der Waals surface area (Å²) in [6.07, 6.45) is 2.99. The Bertz CT molecular complexity index is 1090. The second-order valence-electron chi connectivity index (χ2n) is 6.54. The van der Waals surface area contributed by atoms with Crippen LogP contribution in [0.4, 0.5) is 8.78 Å². The maximum Gasteiger partial charge on any atom is 0.387 e. The second kappa shape index (κ2) is 7.42. The van der Waals surface area contributed by atoms with Crippen LogP contribution < -0.4 is 10.4 Å². The molecular weight excluding hydrogens is 370 g/mol. The fourth-order valence-electron chi connectivity index (χ4n) is 3.41. The summed E-state index contributed by atoms with van der Waals surface area (Å²) in [5, 5.41) is 0.744. The zero-order valence-corrected chi connectivity index (χ0v) is 14.7. The monoisotopic (exact) mass is 386 g/mol. The van der Waals surface area contributed by atoms with Gasteiger partial charge in [-0.3, -0.25) is 0 Å². The zero-order chi connectivity index (χ0) is 19.7. The Kier molecular flexibility index (Phi) is 4.81. The van der Waals surface area contributed by atoms with Crippen LogP contribution in [-0.2, 0) is 24.2 Å². The van der Waals surface area contributed by atoms with Crippen molar-refractivity contribution in [1.29, 1.82) is 0 Å². The van der Waals surface area contributed by atoms with Crippen molar-refractivity contribution in [2.24, 2.45) is 0 Å². The van der Waals surface area contributed by atoms with E-state index in [1.165, 1.54) is 41.5 Å². The summed E-state index contributed by atoms with van der Waals surface area (Å²) in [5.74, 6) is -0.682. The minimum Gasteiger partial charge on any atom is -0.457 e. The minimum atomic E-state index is -2.93. The number of esters is 1. The number of carbonyl (C=O) groups excluding carboxylic acids is 1. The number of ether oxygens (including phenoxy) is 2. The highest BCUT2D eigenvalue weighted by atomic mass is 19.3. The summed E-state index contributed by atoms with van der Waals surface area (Å²) in [7, 11) is 0. The van der Waals surface area contributed by atoms with Gasteiger partial charge in [0.1, 0.15) is 17.9 Å². The molecule has 2 aromatic carbocycles. The van der Waals surface area contributed by atoms with Gasteiger partial charge in [-0.25, -0.2) is 9.59 Å². The summed E-state index contributed by atoms with van der Waals surface area (Å²) in [6, 6.07) is 10.4. The Morgan fingerprint density at radius 1 is 1.07 bits per heavy atom. The first kappa shape index (κ1) is 18.2. The van der Waals surface area contributed by atoms with Crippen molar-refractivity contribution in [3.8, 4) is 5.75 Å². The largest absolute Gasteiger partial charge is 0.457 e. The van der Waals surface area contributed by atoms with Gasteiger partial charge in [-0.15, -0.1) is 0 Å². The fourth-order valence-corrected chi connectivity index (χ4v) is 3.41. The average Bonchev–Trinajstić information content (AvgIpc) is 3.11. The van der Waals surface area contributed by atoms with Crippen molar-refractivity contribution in [1.82, 2.24) is 0 Å². The Morgan fingerprint density at radius 2 is 1.79 bits per heavy atom. The quantitative estimate of drug-likeness (QED) is 0.485. The van der Waals surface area contributed by atoms with E-state index >= 15 is 0 Å². The van der Waals surface area contributed by atoms with Gasteiger partial charge < -0.3 is 13.9 Å². The number of hydrogen-bond donors (Lipinski definition) is 0. The molecule has 1 aliphatic rings. The molecule has 0 spiro atoms. The number of benzene rings is 2. The van der Waals surface area contributed by atoms with Gasteiger partial charge >= 0.3 is 18.2 Å². The molecule has 28 heavy (non-hydrogen) atoms. The summed E-state index contributed by atoms with van der Waals surface area (Å²) in [5.41, 5.74) is 3.11. The van der Waals surface area contributed by atoms with Crippen LogP contribution >= 0.6 is 0 Å². The number of hydrogen-bond acceptors (Lipinski definition) is 5. The molecular formula is C21H16F2O5. The highest BCUT2D eigenvalue weighted by Crippen LogP contribution is 2.29. The molecule has 4 rings (SSSR count). The van der Waals surface area contributed by atoms with Gasteiger partial charge in [0.15, 0.2) is 0 Å². The lowest BCUT2D eigenvalue weighted by Crippen LogP contribution is -2.08. The highest BCUT2D eigenvalue weighted by molar-refractivity contribution is 5.90. The first-order valence-electron chi connectivity index (χ1n) is 8.80. The van der Waals surface area contributed by atoms with E-state index in [-0.39, 0.29) is 17.9 Å². The number of aryl methyl sites for hydroxylation is 2. The van der Waals surface area contributed by atoms with Gasteiger partial charge in [-0.1, -0.05) is 0 Å². The van der Waals surface area contributed by atoms with E-state index in [0.717, 1.165) is 24.6 Å². The van der Waals surface area contributed by atoms with Gasteiger partial charge in [0.2, 0.25) is 0 Å². The first-order chi connectivity index (χ1) is 13.5. The predicted molar refractivity (Wildman–Crippen MR) is 96.7 cm³/mol. The summed E-state index contributed by atoms with van der Waals surface area (Å²) >= 11 is 0. The van der Waals surface area contributed by atoms with Crippen LogP contribution in [0.5, 0.6) is 5.75 Å². The molecule has 0 amide bonds. The third kappa shape index (κ3) is 3.74. The van der Waals surface area contributed by atoms with Crippen molar-refractivity contribution < 1.29 is 27.5 Å². The van der Waals surface area contributed by atoms with E-state index in [2.05, 4.69) is 4.74 Å². The van der Waals surface area contributed by atoms with E-state index in [1.54, 1.807) is 0 Å². The third-order valence-electron chi connectivity index (χ3n) is 4.72. The van der Waals surface area contributed by atoms with Gasteiger partial charge in [0.25, 0.3) is 0 Å². The van der Waals surface area contributed by atoms with E-state index in [1.807, 2.05) is 12.1 Å². The van der Waals surface area contributed by atoms with Crippen molar-refractivity contribution >= 4 is 16.9 Å². The van der Waals surface area contributed by atoms with Gasteiger partial charge in [-0.05, 0) is 66.8 Å². The van der Waals surface area contributed by atoms with Crippen LogP contribution in [0.25, 0.3) is 11.0 Å². The van der Waals surface area contributed by atoms with Crippen LogP contribution in [0.2, 0.25) is 0 Å². The Morgan fingerprint density at radius 3 is 2.50 bits per heavy atom. The van der Waals surface area contributed by atoms with Crippen LogP contribution in [0.3, 0.4) is 0 Å². The molecule has 0 saturated carbocycles. The van der Waals surface area contributed by atoms with Crippen molar-refractivity contribution in [2.45, 2.75) is 32.5 Å². The number of halogens is 2. The molecule has 0 fully saturated rings. The molecule has 0 bridgehead atoms. The molecule has 7 heteroatoms. The third-order valence-corrected chi connectivity index (χ3v) is 4.72. The molecule has 0 unspecified atom stereocenters. The van der Waals surface area contributed by atoms with Crippen molar-refractivity contribution in [3.63, 3.8) is 0 Å². The number of rotatable bonds is 5. The fraction of sp³-hybridized carbons (Fsp3) is 0.238. The number of carbonyl (C=O) groups is 1. The van der Waals surface area contributed by atoms with Crippen molar-refractivity contribution in [2.75, 3.05) is 0 Å². The molecule has 0 N–H and O–H groups in total. The molecule has 0 saturated heterocycles. The van der Waals surface area contributed by atoms with Crippen LogP contribution in [-0.4, -0.2) is 12.6 Å². The lowest BCUT2D eigenvalue weighted by atomic mass is 10.0. The topological polar surface area (TPSA) is 65.7 Å². The highest BCUT2D eigenvalue weighted by Gasteiger charge is 2.16. The van der Waals surface area contributed by atoms with E-state index in [9.17, 15) is 18.4 Å². The number of alkyl halides is 2. The normalized spacial score (nSPS) is 13.0. The maximum absolute atomic E-state index is 12.2. The molecule has 1 heterocycles. The summed E-state index contributed by atoms with van der Waals surface area (Å²) < 4.78 is 39.2. The van der Waals surface area contributed by atoms with E-state index < -0.39 is 18.2 Å². The first-order valence-corrected chi connectivity index (χ1v) is 8.80. The summed E-state index contributed by atoms with van der Waals surface area (Å²) in [6.45, 7) is -3.04. The van der Waals surface area contributed by atoms with Gasteiger partial charge in [-0.2, -0.15) is 8.78 Å². The minimum absolute atomic E-state index is 0.0490.